The number of morpholine rings is 1. The van der Waals surface area contributed by atoms with Gasteiger partial charge in [-0.1, -0.05) is 11.6 Å². The molecule has 0 aliphatic carbocycles. The quantitative estimate of drug-likeness (QED) is 0.936. The number of nitrogens with zero attached hydrogens (tertiary/aromatic N) is 2. The molecule has 0 saturated carbocycles. The fraction of sp³-hybridized carbons (Fsp3) is 0.333. The van der Waals surface area contributed by atoms with E-state index in [1.807, 2.05) is 12.1 Å². The summed E-state index contributed by atoms with van der Waals surface area (Å²) in [4.78, 5) is 18.3. The van der Waals surface area contributed by atoms with Gasteiger partial charge in [-0.2, -0.15) is 0 Å². The summed E-state index contributed by atoms with van der Waals surface area (Å²) in [7, 11) is 0. The van der Waals surface area contributed by atoms with Crippen molar-refractivity contribution in [3.63, 3.8) is 0 Å². The maximum absolute atomic E-state index is 12.3. The van der Waals surface area contributed by atoms with Crippen LogP contribution < -0.4 is 5.32 Å². The molecular weight excluding hydrogens is 306 g/mol. The molecule has 1 aliphatic heterocycles. The van der Waals surface area contributed by atoms with Crippen LogP contribution in [0.25, 0.3) is 0 Å². The maximum Gasteiger partial charge on any atom is 0.255 e. The van der Waals surface area contributed by atoms with Crippen molar-refractivity contribution in [1.29, 1.82) is 0 Å². The number of carbonyl (C=O) groups is 1. The molecule has 2 aromatic heterocycles. The van der Waals surface area contributed by atoms with Gasteiger partial charge in [0.1, 0.15) is 11.6 Å². The number of anilines is 1. The number of aromatic nitrogens is 1. The summed E-state index contributed by atoms with van der Waals surface area (Å²) in [6.45, 7) is 2.80. The summed E-state index contributed by atoms with van der Waals surface area (Å²) >= 11 is 6.20. The van der Waals surface area contributed by atoms with Gasteiger partial charge in [-0.05, 0) is 18.2 Å². The number of nitrogens with one attached hydrogen (secondary N) is 1. The molecule has 1 N–H and O–H groups in total. The Balaban J connectivity index is 1.67. The average molecular weight is 322 g/mol. The molecule has 7 heteroatoms. The van der Waals surface area contributed by atoms with Gasteiger partial charge in [0.25, 0.3) is 5.91 Å². The number of carbonyl (C=O) groups excluding carboxylic acids is 1. The zero-order chi connectivity index (χ0) is 15.4. The van der Waals surface area contributed by atoms with Gasteiger partial charge in [-0.3, -0.25) is 4.79 Å². The lowest BCUT2D eigenvalue weighted by molar-refractivity contribution is 0.0302. The smallest absolute Gasteiger partial charge is 0.255 e. The summed E-state index contributed by atoms with van der Waals surface area (Å²) in [5, 5.41) is 3.49. The molecule has 2 aromatic rings. The van der Waals surface area contributed by atoms with Crippen molar-refractivity contribution in [3.8, 4) is 0 Å². The third-order valence-electron chi connectivity index (χ3n) is 3.40. The molecule has 1 amide bonds. The number of hydrogen-bond donors (Lipinski definition) is 1. The Morgan fingerprint density at radius 2 is 2.23 bits per heavy atom. The largest absolute Gasteiger partial charge is 0.467 e. The van der Waals surface area contributed by atoms with Crippen LogP contribution in [0.15, 0.2) is 35.1 Å². The molecule has 0 spiro atoms. The van der Waals surface area contributed by atoms with Gasteiger partial charge in [0.05, 0.1) is 36.6 Å². The molecule has 22 heavy (non-hydrogen) atoms. The number of hydrogen-bond acceptors (Lipinski definition) is 5. The summed E-state index contributed by atoms with van der Waals surface area (Å²) in [5.74, 6) is 1.23. The van der Waals surface area contributed by atoms with E-state index >= 15 is 0 Å². The first kappa shape index (κ1) is 14.9. The van der Waals surface area contributed by atoms with E-state index in [2.05, 4.69) is 10.3 Å². The van der Waals surface area contributed by atoms with E-state index in [4.69, 9.17) is 20.8 Å². The van der Waals surface area contributed by atoms with Crippen LogP contribution in [0.5, 0.6) is 0 Å². The molecular formula is C15H16ClN3O3. The second-order valence-electron chi connectivity index (χ2n) is 4.89. The maximum atomic E-state index is 12.3. The van der Waals surface area contributed by atoms with E-state index in [0.29, 0.717) is 49.3 Å². The van der Waals surface area contributed by atoms with Crippen LogP contribution in [0.4, 0.5) is 5.82 Å². The molecule has 1 fully saturated rings. The lowest BCUT2D eigenvalue weighted by Gasteiger charge is -2.26. The zero-order valence-electron chi connectivity index (χ0n) is 11.9. The van der Waals surface area contributed by atoms with Crippen LogP contribution in [0.1, 0.15) is 16.1 Å². The molecule has 1 saturated heterocycles. The van der Waals surface area contributed by atoms with Crippen molar-refractivity contribution < 1.29 is 13.9 Å². The van der Waals surface area contributed by atoms with Crippen molar-refractivity contribution in [1.82, 2.24) is 9.88 Å². The second kappa shape index (κ2) is 6.81. The summed E-state index contributed by atoms with van der Waals surface area (Å²) in [5.41, 5.74) is 0.482. The second-order valence-corrected chi connectivity index (χ2v) is 5.30. The highest BCUT2D eigenvalue weighted by atomic mass is 35.5. The van der Waals surface area contributed by atoms with E-state index in [-0.39, 0.29) is 5.91 Å². The molecule has 3 heterocycles. The normalized spacial score (nSPS) is 14.9. The molecule has 0 radical (unpaired) electrons. The van der Waals surface area contributed by atoms with Gasteiger partial charge in [0, 0.05) is 19.3 Å². The molecule has 116 valence electrons. The third kappa shape index (κ3) is 3.40. The number of rotatable bonds is 4. The Bertz CT molecular complexity index is 639. The number of ether oxygens (including phenoxy) is 1. The first-order chi connectivity index (χ1) is 10.7. The number of furan rings is 1. The van der Waals surface area contributed by atoms with Crippen LogP contribution >= 0.6 is 11.6 Å². The topological polar surface area (TPSA) is 67.6 Å². The van der Waals surface area contributed by atoms with Crippen molar-refractivity contribution in [2.24, 2.45) is 0 Å². The molecule has 0 unspecified atom stereocenters. The Morgan fingerprint density at radius 3 is 2.91 bits per heavy atom. The molecule has 3 rings (SSSR count). The third-order valence-corrected chi connectivity index (χ3v) is 3.68. The van der Waals surface area contributed by atoms with Gasteiger partial charge >= 0.3 is 0 Å². The Morgan fingerprint density at radius 1 is 1.41 bits per heavy atom. The van der Waals surface area contributed by atoms with Crippen molar-refractivity contribution in [2.45, 2.75) is 6.54 Å². The molecule has 1 aliphatic rings. The fourth-order valence-corrected chi connectivity index (χ4v) is 2.45. The summed E-state index contributed by atoms with van der Waals surface area (Å²) in [6, 6.07) is 5.31. The van der Waals surface area contributed by atoms with Crippen LogP contribution in [0.3, 0.4) is 0 Å². The van der Waals surface area contributed by atoms with E-state index in [9.17, 15) is 4.79 Å². The summed E-state index contributed by atoms with van der Waals surface area (Å²) < 4.78 is 10.5. The first-order valence-electron chi connectivity index (χ1n) is 7.03. The van der Waals surface area contributed by atoms with Crippen molar-refractivity contribution >= 4 is 23.3 Å². The lowest BCUT2D eigenvalue weighted by atomic mass is 10.2. The van der Waals surface area contributed by atoms with Gasteiger partial charge in [0.2, 0.25) is 0 Å². The predicted molar refractivity (Wildman–Crippen MR) is 82.0 cm³/mol. The number of halogens is 1. The SMILES string of the molecule is O=C(c1cnc(NCc2ccco2)c(Cl)c1)N1CCOCC1. The molecule has 0 aromatic carbocycles. The van der Waals surface area contributed by atoms with E-state index in [0.717, 1.165) is 5.76 Å². The van der Waals surface area contributed by atoms with Crippen LogP contribution in [-0.4, -0.2) is 42.1 Å². The minimum atomic E-state index is -0.0738. The standard InChI is InChI=1S/C15H16ClN3O3/c16-13-8-11(15(20)19-3-6-21-7-4-19)9-17-14(13)18-10-12-2-1-5-22-12/h1-2,5,8-9H,3-4,6-7,10H2,(H,17,18). The summed E-state index contributed by atoms with van der Waals surface area (Å²) in [6.07, 6.45) is 3.14. The van der Waals surface area contributed by atoms with Crippen molar-refractivity contribution in [2.75, 3.05) is 31.6 Å². The van der Waals surface area contributed by atoms with Gasteiger partial charge < -0.3 is 19.4 Å². The highest BCUT2D eigenvalue weighted by Gasteiger charge is 2.19. The van der Waals surface area contributed by atoms with Crippen LogP contribution in [-0.2, 0) is 11.3 Å². The van der Waals surface area contributed by atoms with Crippen molar-refractivity contribution in [3.05, 3.63) is 47.0 Å². The van der Waals surface area contributed by atoms with Crippen LogP contribution in [0.2, 0.25) is 5.02 Å². The van der Waals surface area contributed by atoms with E-state index in [1.165, 1.54) is 6.20 Å². The Labute approximate surface area is 133 Å². The number of pyridine rings is 1. The first-order valence-corrected chi connectivity index (χ1v) is 7.40. The number of amides is 1. The average Bonchev–Trinajstić information content (AvgIpc) is 3.07. The predicted octanol–water partition coefficient (Wildman–Crippen LogP) is 2.41. The van der Waals surface area contributed by atoms with Gasteiger partial charge in [0.15, 0.2) is 0 Å². The Kier molecular flexibility index (Phi) is 4.60. The lowest BCUT2D eigenvalue weighted by Crippen LogP contribution is -2.40. The Hall–Kier alpha value is -2.05. The molecule has 0 bridgehead atoms. The van der Waals surface area contributed by atoms with E-state index < -0.39 is 0 Å². The highest BCUT2D eigenvalue weighted by molar-refractivity contribution is 6.33. The van der Waals surface area contributed by atoms with E-state index in [1.54, 1.807) is 17.2 Å². The monoisotopic (exact) mass is 321 g/mol. The van der Waals surface area contributed by atoms with Gasteiger partial charge in [-0.15, -0.1) is 0 Å². The zero-order valence-corrected chi connectivity index (χ0v) is 12.7. The van der Waals surface area contributed by atoms with Crippen LogP contribution in [0, 0.1) is 0 Å². The van der Waals surface area contributed by atoms with Gasteiger partial charge in [-0.25, -0.2) is 4.98 Å². The fourth-order valence-electron chi connectivity index (χ4n) is 2.22. The highest BCUT2D eigenvalue weighted by Crippen LogP contribution is 2.22. The molecule has 0 atom stereocenters. The molecule has 6 nitrogen and oxygen atoms in total. The minimum absolute atomic E-state index is 0.0738. The minimum Gasteiger partial charge on any atom is -0.467 e.